The molecule has 0 unspecified atom stereocenters. The van der Waals surface area contributed by atoms with E-state index in [9.17, 15) is 4.79 Å². The van der Waals surface area contributed by atoms with Crippen molar-refractivity contribution in [1.29, 1.82) is 0 Å². The summed E-state index contributed by atoms with van der Waals surface area (Å²) in [6, 6.07) is 18.1. The van der Waals surface area contributed by atoms with Crippen LogP contribution in [0.5, 0.6) is 0 Å². The highest BCUT2D eigenvalue weighted by molar-refractivity contribution is 5.96. The predicted molar refractivity (Wildman–Crippen MR) is 112 cm³/mol. The molecule has 0 saturated heterocycles. The molecule has 5 heteroatoms. The standard InChI is InChI=1S/C23H22N4O/c1-15-7-9-19(10-8-15)25-21(28)14-27-23-22(17(3)26-27)20(11-12-24-23)18-6-4-5-16(2)13-18/h4-13H,14H2,1-3H3,(H,25,28). The van der Waals surface area contributed by atoms with Gasteiger partial charge in [0.25, 0.3) is 0 Å². The summed E-state index contributed by atoms with van der Waals surface area (Å²) in [5.74, 6) is -0.129. The first kappa shape index (κ1) is 17.9. The van der Waals surface area contributed by atoms with Gasteiger partial charge in [-0.25, -0.2) is 9.67 Å². The summed E-state index contributed by atoms with van der Waals surface area (Å²) in [4.78, 5) is 17.0. The highest BCUT2D eigenvalue weighted by Crippen LogP contribution is 2.30. The van der Waals surface area contributed by atoms with E-state index in [1.807, 2.05) is 50.2 Å². The third-order valence-electron chi connectivity index (χ3n) is 4.77. The normalized spacial score (nSPS) is 11.0. The molecule has 0 bridgehead atoms. The van der Waals surface area contributed by atoms with E-state index in [0.29, 0.717) is 0 Å². The van der Waals surface area contributed by atoms with E-state index in [4.69, 9.17) is 0 Å². The second-order valence-corrected chi connectivity index (χ2v) is 7.08. The van der Waals surface area contributed by atoms with Gasteiger partial charge in [0.2, 0.25) is 5.91 Å². The first-order valence-electron chi connectivity index (χ1n) is 9.27. The number of carbonyl (C=O) groups is 1. The highest BCUT2D eigenvalue weighted by Gasteiger charge is 2.16. The van der Waals surface area contributed by atoms with Crippen molar-refractivity contribution in [2.45, 2.75) is 27.3 Å². The first-order chi connectivity index (χ1) is 13.5. The first-order valence-corrected chi connectivity index (χ1v) is 9.27. The van der Waals surface area contributed by atoms with Crippen molar-refractivity contribution in [2.24, 2.45) is 0 Å². The van der Waals surface area contributed by atoms with Crippen LogP contribution in [0.4, 0.5) is 5.69 Å². The number of rotatable bonds is 4. The molecule has 0 atom stereocenters. The lowest BCUT2D eigenvalue weighted by Crippen LogP contribution is -2.19. The number of hydrogen-bond acceptors (Lipinski definition) is 3. The quantitative estimate of drug-likeness (QED) is 0.568. The van der Waals surface area contributed by atoms with Crippen molar-refractivity contribution >= 4 is 22.6 Å². The zero-order valence-corrected chi connectivity index (χ0v) is 16.2. The maximum atomic E-state index is 12.5. The van der Waals surface area contributed by atoms with Crippen LogP contribution in [-0.2, 0) is 11.3 Å². The molecular formula is C23H22N4O. The topological polar surface area (TPSA) is 59.8 Å². The van der Waals surface area contributed by atoms with E-state index in [2.05, 4.69) is 40.5 Å². The fraction of sp³-hybridized carbons (Fsp3) is 0.174. The SMILES string of the molecule is Cc1ccc(NC(=O)Cn2nc(C)c3c(-c4cccc(C)c4)ccnc32)cc1. The van der Waals surface area contributed by atoms with E-state index in [1.54, 1.807) is 10.9 Å². The van der Waals surface area contributed by atoms with Crippen molar-refractivity contribution in [1.82, 2.24) is 14.8 Å². The van der Waals surface area contributed by atoms with Gasteiger partial charge in [0.15, 0.2) is 5.65 Å². The van der Waals surface area contributed by atoms with Crippen LogP contribution in [0.2, 0.25) is 0 Å². The second-order valence-electron chi connectivity index (χ2n) is 7.08. The Kier molecular flexibility index (Phi) is 4.65. The molecule has 28 heavy (non-hydrogen) atoms. The van der Waals surface area contributed by atoms with Gasteiger partial charge in [0.1, 0.15) is 6.54 Å². The van der Waals surface area contributed by atoms with Crippen LogP contribution in [0.3, 0.4) is 0 Å². The number of pyridine rings is 1. The van der Waals surface area contributed by atoms with Crippen molar-refractivity contribution in [3.8, 4) is 11.1 Å². The van der Waals surface area contributed by atoms with Gasteiger partial charge in [0.05, 0.1) is 5.69 Å². The van der Waals surface area contributed by atoms with Gasteiger partial charge < -0.3 is 5.32 Å². The van der Waals surface area contributed by atoms with Gasteiger partial charge in [-0.15, -0.1) is 0 Å². The summed E-state index contributed by atoms with van der Waals surface area (Å²) < 4.78 is 1.67. The van der Waals surface area contributed by atoms with E-state index < -0.39 is 0 Å². The zero-order valence-electron chi connectivity index (χ0n) is 16.2. The third kappa shape index (κ3) is 3.51. The highest BCUT2D eigenvalue weighted by atomic mass is 16.2. The molecule has 2 aromatic carbocycles. The van der Waals surface area contributed by atoms with Crippen LogP contribution in [0.15, 0.2) is 60.8 Å². The van der Waals surface area contributed by atoms with Crippen LogP contribution >= 0.6 is 0 Å². The molecule has 2 aromatic heterocycles. The Morgan fingerprint density at radius 3 is 2.54 bits per heavy atom. The Morgan fingerprint density at radius 1 is 1.00 bits per heavy atom. The third-order valence-corrected chi connectivity index (χ3v) is 4.77. The number of nitrogens with one attached hydrogen (secondary N) is 1. The molecule has 4 rings (SSSR count). The van der Waals surface area contributed by atoms with Crippen molar-refractivity contribution in [2.75, 3.05) is 5.32 Å². The van der Waals surface area contributed by atoms with E-state index in [-0.39, 0.29) is 12.5 Å². The van der Waals surface area contributed by atoms with Crippen LogP contribution in [-0.4, -0.2) is 20.7 Å². The largest absolute Gasteiger partial charge is 0.324 e. The number of carbonyl (C=O) groups excluding carboxylic acids is 1. The average Bonchev–Trinajstić information content (AvgIpc) is 2.99. The Balaban J connectivity index is 1.66. The van der Waals surface area contributed by atoms with Gasteiger partial charge in [-0.1, -0.05) is 47.5 Å². The minimum absolute atomic E-state index is 0.114. The summed E-state index contributed by atoms with van der Waals surface area (Å²) in [7, 11) is 0. The van der Waals surface area contributed by atoms with Crippen LogP contribution in [0, 0.1) is 20.8 Å². The molecule has 0 radical (unpaired) electrons. The summed E-state index contributed by atoms with van der Waals surface area (Å²) in [6.07, 6.45) is 1.77. The van der Waals surface area contributed by atoms with E-state index in [0.717, 1.165) is 39.1 Å². The molecule has 1 amide bonds. The van der Waals surface area contributed by atoms with Gasteiger partial charge in [-0.05, 0) is 50.1 Å². The average molecular weight is 370 g/mol. The lowest BCUT2D eigenvalue weighted by Gasteiger charge is -2.07. The molecule has 2 heterocycles. The van der Waals surface area contributed by atoms with Gasteiger partial charge in [0, 0.05) is 17.3 Å². The summed E-state index contributed by atoms with van der Waals surface area (Å²) in [6.45, 7) is 6.16. The number of hydrogen-bond donors (Lipinski definition) is 1. The molecule has 1 N–H and O–H groups in total. The molecule has 0 aliphatic rings. The second kappa shape index (κ2) is 7.27. The summed E-state index contributed by atoms with van der Waals surface area (Å²) >= 11 is 0. The Hall–Kier alpha value is -3.47. The Bertz CT molecular complexity index is 1160. The molecule has 0 saturated carbocycles. The number of amides is 1. The Morgan fingerprint density at radius 2 is 1.79 bits per heavy atom. The number of aromatic nitrogens is 3. The summed E-state index contributed by atoms with van der Waals surface area (Å²) in [5, 5.41) is 8.49. The van der Waals surface area contributed by atoms with Crippen molar-refractivity contribution in [3.05, 3.63) is 77.6 Å². The van der Waals surface area contributed by atoms with E-state index in [1.165, 1.54) is 5.56 Å². The van der Waals surface area contributed by atoms with Gasteiger partial charge in [-0.2, -0.15) is 5.10 Å². The van der Waals surface area contributed by atoms with E-state index >= 15 is 0 Å². The van der Waals surface area contributed by atoms with Crippen LogP contribution in [0.25, 0.3) is 22.2 Å². The van der Waals surface area contributed by atoms with Crippen molar-refractivity contribution in [3.63, 3.8) is 0 Å². The molecule has 5 nitrogen and oxygen atoms in total. The summed E-state index contributed by atoms with van der Waals surface area (Å²) in [5.41, 5.74) is 6.91. The maximum absolute atomic E-state index is 12.5. The van der Waals surface area contributed by atoms with Crippen LogP contribution < -0.4 is 5.32 Å². The number of benzene rings is 2. The fourth-order valence-electron chi connectivity index (χ4n) is 3.42. The lowest BCUT2D eigenvalue weighted by atomic mass is 10.0. The lowest BCUT2D eigenvalue weighted by molar-refractivity contribution is -0.116. The number of nitrogens with zero attached hydrogens (tertiary/aromatic N) is 3. The number of anilines is 1. The molecule has 140 valence electrons. The molecule has 0 fully saturated rings. The minimum Gasteiger partial charge on any atom is -0.324 e. The molecule has 0 aliphatic carbocycles. The van der Waals surface area contributed by atoms with Gasteiger partial charge in [-0.3, -0.25) is 4.79 Å². The smallest absolute Gasteiger partial charge is 0.246 e. The number of fused-ring (bicyclic) bond motifs is 1. The Labute approximate surface area is 164 Å². The maximum Gasteiger partial charge on any atom is 0.246 e. The van der Waals surface area contributed by atoms with Gasteiger partial charge >= 0.3 is 0 Å². The molecule has 4 aromatic rings. The zero-order chi connectivity index (χ0) is 19.7. The molecule has 0 aliphatic heterocycles. The fourth-order valence-corrected chi connectivity index (χ4v) is 3.42. The molecule has 0 spiro atoms. The monoisotopic (exact) mass is 370 g/mol. The predicted octanol–water partition coefficient (Wildman–Crippen LogP) is 4.66. The van der Waals surface area contributed by atoms with Crippen LogP contribution in [0.1, 0.15) is 16.8 Å². The minimum atomic E-state index is -0.129. The molecular weight excluding hydrogens is 348 g/mol. The van der Waals surface area contributed by atoms with Crippen molar-refractivity contribution < 1.29 is 4.79 Å². The number of aryl methyl sites for hydroxylation is 3.